The molecule has 100 valence electrons. The first-order chi connectivity index (χ1) is 9.02. The third kappa shape index (κ3) is 2.95. The van der Waals surface area contributed by atoms with E-state index in [-0.39, 0.29) is 5.69 Å². The molecule has 1 nitrogen and oxygen atoms in total. The van der Waals surface area contributed by atoms with Gasteiger partial charge in [0.2, 0.25) is 0 Å². The Balaban J connectivity index is 2.44. The van der Waals surface area contributed by atoms with Crippen molar-refractivity contribution < 1.29 is 8.78 Å². The molecule has 0 N–H and O–H groups in total. The number of benzene rings is 2. The number of nitrogens with zero attached hydrogens (tertiary/aromatic N) is 1. The van der Waals surface area contributed by atoms with Crippen molar-refractivity contribution in [3.05, 3.63) is 59.2 Å². The molecule has 2 rings (SSSR count). The molecule has 19 heavy (non-hydrogen) atoms. The van der Waals surface area contributed by atoms with Crippen LogP contribution in [0.3, 0.4) is 0 Å². The molecule has 2 aromatic rings. The Morgan fingerprint density at radius 2 is 1.58 bits per heavy atom. The van der Waals surface area contributed by atoms with Gasteiger partial charge < -0.3 is 4.90 Å². The maximum atomic E-state index is 14.0. The molecule has 0 aliphatic carbocycles. The molecule has 4 heteroatoms. The van der Waals surface area contributed by atoms with Gasteiger partial charge in [0.25, 0.3) is 0 Å². The molecule has 0 fully saturated rings. The highest BCUT2D eigenvalue weighted by molar-refractivity contribution is 9.08. The SMILES string of the molecule is Cc1ccc(N(C)c2c(F)cc(CBr)cc2F)cc1. The zero-order valence-electron chi connectivity index (χ0n) is 10.8. The molecule has 0 unspecified atom stereocenters. The Labute approximate surface area is 120 Å². The Hall–Kier alpha value is -1.42. The van der Waals surface area contributed by atoms with Crippen LogP contribution in [0.1, 0.15) is 11.1 Å². The fraction of sp³-hybridized carbons (Fsp3) is 0.200. The number of halogens is 3. The van der Waals surface area contributed by atoms with Crippen molar-refractivity contribution in [2.24, 2.45) is 0 Å². The van der Waals surface area contributed by atoms with Crippen molar-refractivity contribution >= 4 is 27.3 Å². The van der Waals surface area contributed by atoms with Crippen molar-refractivity contribution in [1.29, 1.82) is 0 Å². The predicted octanol–water partition coefficient (Wildman–Crippen LogP) is 4.94. The van der Waals surface area contributed by atoms with Gasteiger partial charge >= 0.3 is 0 Å². The lowest BCUT2D eigenvalue weighted by Crippen LogP contribution is -2.13. The molecular formula is C15H14BrF2N. The summed E-state index contributed by atoms with van der Waals surface area (Å²) in [7, 11) is 1.65. The van der Waals surface area contributed by atoms with Gasteiger partial charge in [-0.05, 0) is 36.8 Å². The lowest BCUT2D eigenvalue weighted by Gasteiger charge is -2.21. The van der Waals surface area contributed by atoms with Gasteiger partial charge in [0, 0.05) is 18.1 Å². The summed E-state index contributed by atoms with van der Waals surface area (Å²) in [5.41, 5.74) is 2.40. The Kier molecular flexibility index (Phi) is 4.20. The van der Waals surface area contributed by atoms with Crippen molar-refractivity contribution in [2.75, 3.05) is 11.9 Å². The van der Waals surface area contributed by atoms with Crippen molar-refractivity contribution in [3.8, 4) is 0 Å². The van der Waals surface area contributed by atoms with Crippen molar-refractivity contribution in [2.45, 2.75) is 12.3 Å². The standard InChI is InChI=1S/C15H14BrF2N/c1-10-3-5-12(6-4-10)19(2)15-13(17)7-11(9-16)8-14(15)18/h3-8H,9H2,1-2H3. The quantitative estimate of drug-likeness (QED) is 0.723. The van der Waals surface area contributed by atoms with Crippen molar-refractivity contribution in [3.63, 3.8) is 0 Å². The molecule has 0 atom stereocenters. The summed E-state index contributed by atoms with van der Waals surface area (Å²) in [6.07, 6.45) is 0. The van der Waals surface area contributed by atoms with Crippen LogP contribution in [0.5, 0.6) is 0 Å². The molecule has 0 aliphatic heterocycles. The predicted molar refractivity (Wildman–Crippen MR) is 78.2 cm³/mol. The normalized spacial score (nSPS) is 10.6. The van der Waals surface area contributed by atoms with E-state index >= 15 is 0 Å². The minimum Gasteiger partial charge on any atom is -0.340 e. The van der Waals surface area contributed by atoms with Crippen LogP contribution < -0.4 is 4.90 Å². The Bertz CT molecular complexity index is 558. The van der Waals surface area contributed by atoms with E-state index in [4.69, 9.17) is 0 Å². The number of anilines is 2. The maximum Gasteiger partial charge on any atom is 0.150 e. The Morgan fingerprint density at radius 1 is 1.05 bits per heavy atom. The van der Waals surface area contributed by atoms with Gasteiger partial charge in [-0.3, -0.25) is 0 Å². The molecule has 0 bridgehead atoms. The van der Waals surface area contributed by atoms with Gasteiger partial charge in [0.1, 0.15) is 17.3 Å². The fourth-order valence-electron chi connectivity index (χ4n) is 1.91. The molecule has 0 heterocycles. The monoisotopic (exact) mass is 325 g/mol. The van der Waals surface area contributed by atoms with Crippen molar-refractivity contribution in [1.82, 2.24) is 0 Å². The van der Waals surface area contributed by atoms with E-state index in [9.17, 15) is 8.78 Å². The van der Waals surface area contributed by atoms with E-state index in [2.05, 4.69) is 15.9 Å². The van der Waals surface area contributed by atoms with Crippen LogP contribution in [0.4, 0.5) is 20.2 Å². The lowest BCUT2D eigenvalue weighted by atomic mass is 10.1. The second-order valence-corrected chi connectivity index (χ2v) is 5.00. The van der Waals surface area contributed by atoms with Crippen LogP contribution in [0, 0.1) is 18.6 Å². The van der Waals surface area contributed by atoms with Gasteiger partial charge in [-0.25, -0.2) is 8.78 Å². The number of aryl methyl sites for hydroxylation is 1. The van der Waals surface area contributed by atoms with E-state index in [1.807, 2.05) is 31.2 Å². The summed E-state index contributed by atoms with van der Waals surface area (Å²) in [6.45, 7) is 1.97. The highest BCUT2D eigenvalue weighted by Gasteiger charge is 2.16. The van der Waals surface area contributed by atoms with Gasteiger partial charge in [0.15, 0.2) is 0 Å². The largest absolute Gasteiger partial charge is 0.340 e. The summed E-state index contributed by atoms with van der Waals surface area (Å²) in [5, 5.41) is 0.426. The summed E-state index contributed by atoms with van der Waals surface area (Å²) < 4.78 is 28.0. The number of hydrogen-bond acceptors (Lipinski definition) is 1. The van der Waals surface area contributed by atoms with E-state index in [1.165, 1.54) is 17.0 Å². The minimum atomic E-state index is -0.558. The molecule has 0 saturated heterocycles. The molecule has 0 spiro atoms. The van der Waals surface area contributed by atoms with Crippen LogP contribution in [-0.4, -0.2) is 7.05 Å². The molecule has 0 saturated carbocycles. The first kappa shape index (κ1) is 14.0. The second-order valence-electron chi connectivity index (χ2n) is 4.44. The topological polar surface area (TPSA) is 3.24 Å². The minimum absolute atomic E-state index is 0.0337. The molecule has 0 amide bonds. The number of alkyl halides is 1. The summed E-state index contributed by atoms with van der Waals surface area (Å²) in [5.74, 6) is -1.12. The highest BCUT2D eigenvalue weighted by Crippen LogP contribution is 2.30. The van der Waals surface area contributed by atoms with Crippen LogP contribution in [-0.2, 0) is 5.33 Å². The highest BCUT2D eigenvalue weighted by atomic mass is 79.9. The smallest absolute Gasteiger partial charge is 0.150 e. The van der Waals surface area contributed by atoms with Gasteiger partial charge in [-0.15, -0.1) is 0 Å². The Morgan fingerprint density at radius 3 is 2.05 bits per heavy atom. The summed E-state index contributed by atoms with van der Waals surface area (Å²) >= 11 is 3.19. The summed E-state index contributed by atoms with van der Waals surface area (Å²) in [4.78, 5) is 1.52. The summed E-state index contributed by atoms with van der Waals surface area (Å²) in [6, 6.07) is 10.2. The van der Waals surface area contributed by atoms with Crippen LogP contribution in [0.2, 0.25) is 0 Å². The molecule has 2 aromatic carbocycles. The number of hydrogen-bond donors (Lipinski definition) is 0. The molecule has 0 aliphatic rings. The third-order valence-electron chi connectivity index (χ3n) is 2.99. The first-order valence-corrected chi connectivity index (χ1v) is 6.99. The lowest BCUT2D eigenvalue weighted by molar-refractivity contribution is 0.582. The van der Waals surface area contributed by atoms with Gasteiger partial charge in [-0.2, -0.15) is 0 Å². The fourth-order valence-corrected chi connectivity index (χ4v) is 2.24. The van der Waals surface area contributed by atoms with Crippen LogP contribution in [0.25, 0.3) is 0 Å². The van der Waals surface area contributed by atoms with Gasteiger partial charge in [-0.1, -0.05) is 33.6 Å². The average molecular weight is 326 g/mol. The van der Waals surface area contributed by atoms with E-state index in [1.54, 1.807) is 7.05 Å². The average Bonchev–Trinajstić information content (AvgIpc) is 2.38. The molecule has 0 aromatic heterocycles. The zero-order chi connectivity index (χ0) is 14.0. The van der Waals surface area contributed by atoms with Crippen LogP contribution >= 0.6 is 15.9 Å². The zero-order valence-corrected chi connectivity index (χ0v) is 12.3. The van der Waals surface area contributed by atoms with Gasteiger partial charge in [0.05, 0.1) is 0 Å². The van der Waals surface area contributed by atoms with E-state index in [0.29, 0.717) is 10.9 Å². The molecular weight excluding hydrogens is 312 g/mol. The molecule has 0 radical (unpaired) electrons. The van der Waals surface area contributed by atoms with Crippen LogP contribution in [0.15, 0.2) is 36.4 Å². The van der Waals surface area contributed by atoms with E-state index < -0.39 is 11.6 Å². The number of rotatable bonds is 3. The maximum absolute atomic E-state index is 14.0. The second kappa shape index (κ2) is 5.70. The van der Waals surface area contributed by atoms with E-state index in [0.717, 1.165) is 11.3 Å². The first-order valence-electron chi connectivity index (χ1n) is 5.87. The third-order valence-corrected chi connectivity index (χ3v) is 3.64.